The number of amides is 2. The minimum atomic E-state index is -0.497. The molecule has 1 aromatic heterocycles. The Hall–Kier alpha value is -3.87. The molecule has 2 aromatic carbocycles. The van der Waals surface area contributed by atoms with Crippen LogP contribution in [0.1, 0.15) is 61.0 Å². The Labute approximate surface area is 213 Å². The number of pyridine rings is 1. The summed E-state index contributed by atoms with van der Waals surface area (Å²) < 4.78 is 5.20. The van der Waals surface area contributed by atoms with Gasteiger partial charge in [-0.15, -0.1) is 0 Å². The minimum absolute atomic E-state index is 0.131. The molecule has 2 N–H and O–H groups in total. The number of alkyl carbamates (subject to hydrolysis) is 1. The molecular formula is C29H36N4O3. The number of carbonyl (C=O) groups excluding carboxylic acids is 2. The molecule has 0 saturated carbocycles. The van der Waals surface area contributed by atoms with E-state index >= 15 is 0 Å². The molecule has 0 aliphatic carbocycles. The Morgan fingerprint density at radius 1 is 0.889 bits per heavy atom. The summed E-state index contributed by atoms with van der Waals surface area (Å²) in [6.45, 7) is 6.73. The molecule has 7 heteroatoms. The monoisotopic (exact) mass is 488 g/mol. The van der Waals surface area contributed by atoms with Gasteiger partial charge in [0, 0.05) is 49.0 Å². The van der Waals surface area contributed by atoms with Crippen LogP contribution in [0.3, 0.4) is 0 Å². The number of aromatic nitrogens is 1. The summed E-state index contributed by atoms with van der Waals surface area (Å²) in [5, 5.41) is 5.75. The molecule has 0 spiro atoms. The number of benzene rings is 2. The molecule has 2 amide bonds. The number of ether oxygens (including phenoxy) is 1. The summed E-state index contributed by atoms with van der Waals surface area (Å²) in [5.74, 6) is -0.131. The zero-order valence-corrected chi connectivity index (χ0v) is 21.2. The lowest BCUT2D eigenvalue weighted by Gasteiger charge is -2.26. The van der Waals surface area contributed by atoms with Crippen molar-refractivity contribution in [3.05, 3.63) is 89.7 Å². The highest BCUT2D eigenvalue weighted by molar-refractivity contribution is 6.08. The van der Waals surface area contributed by atoms with Gasteiger partial charge >= 0.3 is 6.09 Å². The first kappa shape index (κ1) is 26.7. The average Bonchev–Trinajstić information content (AvgIpc) is 2.92. The lowest BCUT2D eigenvalue weighted by molar-refractivity contribution is 0.102. The van der Waals surface area contributed by atoms with Crippen molar-refractivity contribution in [2.75, 3.05) is 23.3 Å². The van der Waals surface area contributed by atoms with Gasteiger partial charge in [-0.1, -0.05) is 57.0 Å². The van der Waals surface area contributed by atoms with Gasteiger partial charge in [0.05, 0.1) is 5.56 Å². The number of anilines is 2. The Bertz CT molecular complexity index is 1080. The fourth-order valence-corrected chi connectivity index (χ4v) is 3.75. The number of rotatable bonds is 13. The first-order chi connectivity index (χ1) is 17.6. The smallest absolute Gasteiger partial charge is 0.407 e. The molecule has 0 bridgehead atoms. The first-order valence-corrected chi connectivity index (χ1v) is 12.6. The second kappa shape index (κ2) is 14.5. The standard InChI is InChI=1S/C29H36N4O3/c1-3-5-18-33(19-6-4-2)27-12-8-7-11-26(27)28(34)32-25-15-13-23(14-16-25)21-31-29(35)36-22-24-10-9-17-30-20-24/h7-17,20H,3-6,18-19,21-22H2,1-2H3,(H,31,35)(H,32,34). The molecule has 0 atom stereocenters. The van der Waals surface area contributed by atoms with Gasteiger partial charge in [0.25, 0.3) is 5.91 Å². The lowest BCUT2D eigenvalue weighted by Crippen LogP contribution is -2.28. The van der Waals surface area contributed by atoms with Crippen molar-refractivity contribution >= 4 is 23.4 Å². The summed E-state index contributed by atoms with van der Waals surface area (Å²) in [6, 6.07) is 18.9. The van der Waals surface area contributed by atoms with E-state index in [2.05, 4.69) is 34.4 Å². The summed E-state index contributed by atoms with van der Waals surface area (Å²) in [5.41, 5.74) is 4.07. The number of unbranched alkanes of at least 4 members (excludes halogenated alkanes) is 2. The SMILES string of the molecule is CCCCN(CCCC)c1ccccc1C(=O)Nc1ccc(CNC(=O)OCc2cccnc2)cc1. The van der Waals surface area contributed by atoms with Crippen LogP contribution in [0.4, 0.5) is 16.2 Å². The van der Waals surface area contributed by atoms with Crippen molar-refractivity contribution in [2.45, 2.75) is 52.7 Å². The second-order valence-electron chi connectivity index (χ2n) is 8.65. The van der Waals surface area contributed by atoms with E-state index in [-0.39, 0.29) is 12.5 Å². The third-order valence-electron chi connectivity index (χ3n) is 5.79. The highest BCUT2D eigenvalue weighted by atomic mass is 16.5. The Balaban J connectivity index is 1.55. The van der Waals surface area contributed by atoms with E-state index in [1.54, 1.807) is 18.5 Å². The van der Waals surface area contributed by atoms with Gasteiger partial charge < -0.3 is 20.3 Å². The van der Waals surface area contributed by atoms with Gasteiger partial charge in [0.15, 0.2) is 0 Å². The zero-order chi connectivity index (χ0) is 25.6. The van der Waals surface area contributed by atoms with Crippen LogP contribution in [0, 0.1) is 0 Å². The predicted octanol–water partition coefficient (Wildman–Crippen LogP) is 6.17. The number of nitrogens with zero attached hydrogens (tertiary/aromatic N) is 2. The van der Waals surface area contributed by atoms with Gasteiger partial charge in [-0.25, -0.2) is 4.79 Å². The van der Waals surface area contributed by atoms with E-state index in [4.69, 9.17) is 4.74 Å². The van der Waals surface area contributed by atoms with Crippen molar-refractivity contribution in [3.8, 4) is 0 Å². The van der Waals surface area contributed by atoms with Crippen molar-refractivity contribution < 1.29 is 14.3 Å². The van der Waals surface area contributed by atoms with Gasteiger partial charge in [0.2, 0.25) is 0 Å². The topological polar surface area (TPSA) is 83.6 Å². The number of carbonyl (C=O) groups is 2. The molecule has 0 saturated heterocycles. The van der Waals surface area contributed by atoms with Crippen LogP contribution in [-0.2, 0) is 17.9 Å². The number of nitrogens with one attached hydrogen (secondary N) is 2. The summed E-state index contributed by atoms with van der Waals surface area (Å²) >= 11 is 0. The predicted molar refractivity (Wildman–Crippen MR) is 144 cm³/mol. The lowest BCUT2D eigenvalue weighted by atomic mass is 10.1. The third-order valence-corrected chi connectivity index (χ3v) is 5.79. The van der Waals surface area contributed by atoms with E-state index in [0.717, 1.165) is 55.6 Å². The Morgan fingerprint density at radius 3 is 2.28 bits per heavy atom. The van der Waals surface area contributed by atoms with Crippen molar-refractivity contribution in [1.29, 1.82) is 0 Å². The van der Waals surface area contributed by atoms with Crippen molar-refractivity contribution in [3.63, 3.8) is 0 Å². The van der Waals surface area contributed by atoms with Crippen LogP contribution < -0.4 is 15.5 Å². The maximum atomic E-state index is 13.2. The molecule has 1 heterocycles. The van der Waals surface area contributed by atoms with Crippen LogP contribution >= 0.6 is 0 Å². The largest absolute Gasteiger partial charge is 0.445 e. The second-order valence-corrected chi connectivity index (χ2v) is 8.65. The number of hydrogen-bond donors (Lipinski definition) is 2. The van der Waals surface area contributed by atoms with E-state index in [1.807, 2.05) is 54.6 Å². The summed E-state index contributed by atoms with van der Waals surface area (Å²) in [6.07, 6.45) is 7.24. The fourth-order valence-electron chi connectivity index (χ4n) is 3.75. The van der Waals surface area contributed by atoms with E-state index in [9.17, 15) is 9.59 Å². The maximum Gasteiger partial charge on any atom is 0.407 e. The quantitative estimate of drug-likeness (QED) is 0.301. The fraction of sp³-hybridized carbons (Fsp3) is 0.345. The highest BCUT2D eigenvalue weighted by Gasteiger charge is 2.16. The van der Waals surface area contributed by atoms with Crippen LogP contribution in [0.25, 0.3) is 0 Å². The zero-order valence-electron chi connectivity index (χ0n) is 21.2. The Morgan fingerprint density at radius 2 is 1.61 bits per heavy atom. The molecule has 0 unspecified atom stereocenters. The molecule has 7 nitrogen and oxygen atoms in total. The Kier molecular flexibility index (Phi) is 10.8. The summed E-state index contributed by atoms with van der Waals surface area (Å²) in [4.78, 5) is 31.4. The third kappa shape index (κ3) is 8.41. The van der Waals surface area contributed by atoms with Crippen LogP contribution in [-0.4, -0.2) is 30.1 Å². The maximum absolute atomic E-state index is 13.2. The van der Waals surface area contributed by atoms with E-state index in [1.165, 1.54) is 0 Å². The number of para-hydroxylation sites is 1. The van der Waals surface area contributed by atoms with Crippen molar-refractivity contribution in [1.82, 2.24) is 10.3 Å². The molecule has 3 rings (SSSR count). The van der Waals surface area contributed by atoms with Crippen LogP contribution in [0.15, 0.2) is 73.1 Å². The molecule has 0 fully saturated rings. The van der Waals surface area contributed by atoms with Gasteiger partial charge in [-0.05, 0) is 48.7 Å². The van der Waals surface area contributed by atoms with Gasteiger partial charge in [0.1, 0.15) is 6.61 Å². The molecule has 0 aliphatic heterocycles. The molecule has 36 heavy (non-hydrogen) atoms. The first-order valence-electron chi connectivity index (χ1n) is 12.6. The molecule has 0 aliphatic rings. The van der Waals surface area contributed by atoms with Crippen LogP contribution in [0.5, 0.6) is 0 Å². The normalized spacial score (nSPS) is 10.5. The van der Waals surface area contributed by atoms with E-state index in [0.29, 0.717) is 17.8 Å². The molecule has 3 aromatic rings. The number of hydrogen-bond acceptors (Lipinski definition) is 5. The van der Waals surface area contributed by atoms with E-state index < -0.39 is 6.09 Å². The molecular weight excluding hydrogens is 452 g/mol. The minimum Gasteiger partial charge on any atom is -0.445 e. The van der Waals surface area contributed by atoms with Crippen LogP contribution in [0.2, 0.25) is 0 Å². The van der Waals surface area contributed by atoms with Gasteiger partial charge in [-0.2, -0.15) is 0 Å². The van der Waals surface area contributed by atoms with Crippen molar-refractivity contribution in [2.24, 2.45) is 0 Å². The molecule has 0 radical (unpaired) electrons. The average molecular weight is 489 g/mol. The molecule has 190 valence electrons. The highest BCUT2D eigenvalue weighted by Crippen LogP contribution is 2.23. The summed E-state index contributed by atoms with van der Waals surface area (Å²) in [7, 11) is 0. The van der Waals surface area contributed by atoms with Gasteiger partial charge in [-0.3, -0.25) is 9.78 Å².